The van der Waals surface area contributed by atoms with Crippen molar-refractivity contribution < 1.29 is 9.45 Å². The summed E-state index contributed by atoms with van der Waals surface area (Å²) in [5.74, 6) is 0.771. The average molecular weight is 337 g/mol. The summed E-state index contributed by atoms with van der Waals surface area (Å²) in [4.78, 5) is 10.7. The van der Waals surface area contributed by atoms with E-state index in [1.807, 2.05) is 22.6 Å². The first-order chi connectivity index (χ1) is 7.09. The van der Waals surface area contributed by atoms with Crippen LogP contribution in [0.1, 0.15) is 0 Å². The van der Waals surface area contributed by atoms with Gasteiger partial charge in [-0.1, -0.05) is 16.5 Å². The summed E-state index contributed by atoms with van der Waals surface area (Å²) < 4.78 is 5.65. The van der Waals surface area contributed by atoms with Crippen LogP contribution in [0.2, 0.25) is 0 Å². The summed E-state index contributed by atoms with van der Waals surface area (Å²) in [5, 5.41) is 14.1. The fourth-order valence-electron chi connectivity index (χ4n) is 0.992. The molecule has 0 spiro atoms. The smallest absolute Gasteiger partial charge is 0.324 e. The van der Waals surface area contributed by atoms with Gasteiger partial charge < -0.3 is 10.3 Å². The lowest BCUT2D eigenvalue weighted by molar-refractivity contribution is -0.380. The molecule has 2 aromatic heterocycles. The zero-order chi connectivity index (χ0) is 11.0. The molecule has 0 saturated heterocycles. The SMILES string of the molecule is Nc1noc(-c2ccc([N+](=O)[O-])s2)c1I. The van der Waals surface area contributed by atoms with Gasteiger partial charge in [0.15, 0.2) is 11.6 Å². The van der Waals surface area contributed by atoms with Crippen LogP contribution in [0.3, 0.4) is 0 Å². The van der Waals surface area contributed by atoms with Gasteiger partial charge in [0.1, 0.15) is 3.57 Å². The predicted octanol–water partition coefficient (Wildman–Crippen LogP) is 2.50. The average Bonchev–Trinajstić information content (AvgIpc) is 2.76. The van der Waals surface area contributed by atoms with Crippen LogP contribution in [-0.4, -0.2) is 10.1 Å². The largest absolute Gasteiger partial charge is 0.380 e. The number of aromatic nitrogens is 1. The van der Waals surface area contributed by atoms with E-state index in [2.05, 4.69) is 5.16 Å². The molecule has 0 unspecified atom stereocenters. The highest BCUT2D eigenvalue weighted by molar-refractivity contribution is 14.1. The van der Waals surface area contributed by atoms with Crippen molar-refractivity contribution in [3.63, 3.8) is 0 Å². The Balaban J connectivity index is 2.46. The van der Waals surface area contributed by atoms with Crippen LogP contribution in [0, 0.1) is 13.7 Å². The third-order valence-electron chi connectivity index (χ3n) is 1.66. The van der Waals surface area contributed by atoms with Crippen LogP contribution in [0.25, 0.3) is 10.6 Å². The van der Waals surface area contributed by atoms with Gasteiger partial charge in [-0.3, -0.25) is 10.1 Å². The number of hydrogen-bond acceptors (Lipinski definition) is 6. The van der Waals surface area contributed by atoms with Gasteiger partial charge in [0, 0.05) is 6.07 Å². The summed E-state index contributed by atoms with van der Waals surface area (Å²) in [6, 6.07) is 3.04. The molecule has 2 heterocycles. The van der Waals surface area contributed by atoms with Crippen LogP contribution in [0.5, 0.6) is 0 Å². The molecule has 15 heavy (non-hydrogen) atoms. The molecular formula is C7H4IN3O3S. The Labute approximate surface area is 101 Å². The van der Waals surface area contributed by atoms with Crippen molar-refractivity contribution >= 4 is 44.7 Å². The number of anilines is 1. The number of nitrogens with two attached hydrogens (primary N) is 1. The molecule has 0 bridgehead atoms. The summed E-state index contributed by atoms with van der Waals surface area (Å²) >= 11 is 3.01. The molecule has 2 aromatic rings. The summed E-state index contributed by atoms with van der Waals surface area (Å²) in [6.07, 6.45) is 0. The molecule has 0 aliphatic rings. The molecule has 8 heteroatoms. The van der Waals surface area contributed by atoms with Crippen molar-refractivity contribution in [3.05, 3.63) is 25.8 Å². The minimum Gasteiger partial charge on any atom is -0.380 e. The van der Waals surface area contributed by atoms with Gasteiger partial charge in [0.25, 0.3) is 0 Å². The topological polar surface area (TPSA) is 95.2 Å². The second-order valence-electron chi connectivity index (χ2n) is 2.61. The molecule has 0 aliphatic heterocycles. The van der Waals surface area contributed by atoms with Gasteiger partial charge in [0.05, 0.1) is 9.80 Å². The minimum absolute atomic E-state index is 0.0655. The van der Waals surface area contributed by atoms with Gasteiger partial charge in [-0.25, -0.2) is 0 Å². The molecule has 0 aliphatic carbocycles. The number of thiophene rings is 1. The van der Waals surface area contributed by atoms with Crippen LogP contribution in [0.4, 0.5) is 10.8 Å². The summed E-state index contributed by atoms with van der Waals surface area (Å²) in [6.45, 7) is 0. The lowest BCUT2D eigenvalue weighted by atomic mass is 10.3. The molecule has 2 rings (SSSR count). The lowest BCUT2D eigenvalue weighted by Crippen LogP contribution is -1.85. The van der Waals surface area contributed by atoms with E-state index in [1.54, 1.807) is 6.07 Å². The van der Waals surface area contributed by atoms with Crippen molar-refractivity contribution in [3.8, 4) is 10.6 Å². The normalized spacial score (nSPS) is 10.5. The fourth-order valence-corrected chi connectivity index (χ4v) is 2.47. The van der Waals surface area contributed by atoms with Gasteiger partial charge in [-0.2, -0.15) is 0 Å². The van der Waals surface area contributed by atoms with E-state index in [-0.39, 0.29) is 5.00 Å². The molecule has 2 N–H and O–H groups in total. The maximum atomic E-state index is 10.5. The number of hydrogen-bond donors (Lipinski definition) is 1. The first-order valence-electron chi connectivity index (χ1n) is 3.75. The van der Waals surface area contributed by atoms with Crippen LogP contribution < -0.4 is 5.73 Å². The zero-order valence-corrected chi connectivity index (χ0v) is 10.1. The van der Waals surface area contributed by atoms with E-state index in [9.17, 15) is 10.1 Å². The molecule has 0 fully saturated rings. The van der Waals surface area contributed by atoms with Crippen LogP contribution >= 0.6 is 33.9 Å². The molecular weight excluding hydrogens is 333 g/mol. The van der Waals surface area contributed by atoms with Crippen LogP contribution in [0.15, 0.2) is 16.7 Å². The van der Waals surface area contributed by atoms with Crippen LogP contribution in [-0.2, 0) is 0 Å². The Morgan fingerprint density at radius 1 is 1.60 bits per heavy atom. The van der Waals surface area contributed by atoms with Crippen molar-refractivity contribution in [1.82, 2.24) is 5.16 Å². The van der Waals surface area contributed by atoms with Crippen molar-refractivity contribution in [1.29, 1.82) is 0 Å². The Bertz CT molecular complexity index is 521. The van der Waals surface area contributed by atoms with Gasteiger partial charge in [-0.15, -0.1) is 0 Å². The van der Waals surface area contributed by atoms with Gasteiger partial charge in [0.2, 0.25) is 0 Å². The first-order valence-corrected chi connectivity index (χ1v) is 5.64. The number of rotatable bonds is 2. The zero-order valence-electron chi connectivity index (χ0n) is 7.14. The van der Waals surface area contributed by atoms with Crippen molar-refractivity contribution in [2.45, 2.75) is 0 Å². The Morgan fingerprint density at radius 2 is 2.33 bits per heavy atom. The lowest BCUT2D eigenvalue weighted by Gasteiger charge is -1.88. The monoisotopic (exact) mass is 337 g/mol. The standard InChI is InChI=1S/C7H4IN3O3S/c8-5-6(14-10-7(5)9)3-1-2-4(15-3)11(12)13/h1-2H,(H2,9,10). The highest BCUT2D eigenvalue weighted by Gasteiger charge is 2.18. The van der Waals surface area contributed by atoms with Crippen molar-refractivity contribution in [2.75, 3.05) is 5.73 Å². The number of nitrogens with zero attached hydrogens (tertiary/aromatic N) is 2. The maximum Gasteiger partial charge on any atom is 0.324 e. The molecule has 0 amide bonds. The van der Waals surface area contributed by atoms with E-state index in [0.717, 1.165) is 11.3 Å². The maximum absolute atomic E-state index is 10.5. The van der Waals surface area contributed by atoms with Gasteiger partial charge in [-0.05, 0) is 28.7 Å². The molecule has 0 atom stereocenters. The Kier molecular flexibility index (Phi) is 2.61. The summed E-state index contributed by atoms with van der Waals surface area (Å²) in [5.41, 5.74) is 5.50. The van der Waals surface area contributed by atoms with E-state index in [1.165, 1.54) is 6.07 Å². The highest BCUT2D eigenvalue weighted by atomic mass is 127. The van der Waals surface area contributed by atoms with Gasteiger partial charge >= 0.3 is 5.00 Å². The summed E-state index contributed by atoms with van der Waals surface area (Å²) in [7, 11) is 0. The molecule has 78 valence electrons. The molecule has 0 radical (unpaired) electrons. The van der Waals surface area contributed by atoms with E-state index < -0.39 is 4.92 Å². The number of nitro groups is 1. The number of halogens is 1. The minimum atomic E-state index is -0.444. The second kappa shape index (κ2) is 3.77. The highest BCUT2D eigenvalue weighted by Crippen LogP contribution is 2.36. The molecule has 6 nitrogen and oxygen atoms in total. The van der Waals surface area contributed by atoms with E-state index in [4.69, 9.17) is 10.3 Å². The first kappa shape index (κ1) is 10.4. The van der Waals surface area contributed by atoms with E-state index in [0.29, 0.717) is 20.0 Å². The quantitative estimate of drug-likeness (QED) is 0.516. The van der Waals surface area contributed by atoms with E-state index >= 15 is 0 Å². The molecule has 0 saturated carbocycles. The Morgan fingerprint density at radius 3 is 2.80 bits per heavy atom. The Hall–Kier alpha value is -1.16. The second-order valence-corrected chi connectivity index (χ2v) is 4.75. The third-order valence-corrected chi connectivity index (χ3v) is 3.73. The molecule has 0 aromatic carbocycles. The fraction of sp³-hybridized carbons (Fsp3) is 0. The number of nitrogen functional groups attached to an aromatic ring is 1. The third kappa shape index (κ3) is 1.81. The van der Waals surface area contributed by atoms with Crippen molar-refractivity contribution in [2.24, 2.45) is 0 Å². The predicted molar refractivity (Wildman–Crippen MR) is 63.6 cm³/mol.